The molecule has 0 radical (unpaired) electrons. The van der Waals surface area contributed by atoms with Crippen LogP contribution in [-0.2, 0) is 19.3 Å². The third-order valence-electron chi connectivity index (χ3n) is 3.65. The Bertz CT molecular complexity index is 463. The van der Waals surface area contributed by atoms with Crippen LogP contribution in [0, 0.1) is 5.41 Å². The van der Waals surface area contributed by atoms with Crippen LogP contribution < -0.4 is 0 Å². The summed E-state index contributed by atoms with van der Waals surface area (Å²) in [4.78, 5) is 12.1. The second-order valence-corrected chi connectivity index (χ2v) is 6.65. The van der Waals surface area contributed by atoms with Crippen LogP contribution in [0.2, 0.25) is 0 Å². The zero-order valence-electron chi connectivity index (χ0n) is 12.1. The molecule has 0 aromatic heterocycles. The van der Waals surface area contributed by atoms with Gasteiger partial charge in [0.15, 0.2) is 5.78 Å². The monoisotopic (exact) mass is 244 g/mol. The number of ketones is 1. The molecule has 98 valence electrons. The molecule has 1 nitrogen and oxygen atoms in total. The summed E-state index contributed by atoms with van der Waals surface area (Å²) in [6.45, 7) is 8.94. The lowest BCUT2D eigenvalue weighted by Gasteiger charge is -2.23. The van der Waals surface area contributed by atoms with Gasteiger partial charge in [-0.05, 0) is 53.9 Å². The van der Waals surface area contributed by atoms with Gasteiger partial charge in [-0.3, -0.25) is 4.79 Å². The van der Waals surface area contributed by atoms with Gasteiger partial charge in [-0.25, -0.2) is 0 Å². The Morgan fingerprint density at radius 2 is 1.89 bits per heavy atom. The van der Waals surface area contributed by atoms with E-state index < -0.39 is 0 Å². The van der Waals surface area contributed by atoms with Gasteiger partial charge in [-0.15, -0.1) is 0 Å². The first-order chi connectivity index (χ1) is 8.40. The highest BCUT2D eigenvalue weighted by molar-refractivity contribution is 5.99. The highest BCUT2D eigenvalue weighted by atomic mass is 16.1. The van der Waals surface area contributed by atoms with Crippen LogP contribution in [0.15, 0.2) is 12.1 Å². The van der Waals surface area contributed by atoms with Gasteiger partial charge in [0.05, 0.1) is 0 Å². The molecule has 0 unspecified atom stereocenters. The molecule has 0 N–H and O–H groups in total. The average Bonchev–Trinajstić information content (AvgIpc) is 2.27. The van der Waals surface area contributed by atoms with Crippen molar-refractivity contribution in [2.45, 2.75) is 59.8 Å². The number of Topliss-reactive ketones (excluding diaryl/α,β-unsaturated/α-hetero) is 1. The molecule has 1 aromatic carbocycles. The summed E-state index contributed by atoms with van der Waals surface area (Å²) >= 11 is 0. The number of benzene rings is 1. The third kappa shape index (κ3) is 2.82. The summed E-state index contributed by atoms with van der Waals surface area (Å²) in [6, 6.07) is 4.48. The zero-order valence-corrected chi connectivity index (χ0v) is 12.1. The number of rotatable bonds is 2. The van der Waals surface area contributed by atoms with Gasteiger partial charge < -0.3 is 0 Å². The molecule has 1 aliphatic rings. The van der Waals surface area contributed by atoms with E-state index in [0.29, 0.717) is 5.78 Å². The van der Waals surface area contributed by atoms with E-state index in [-0.39, 0.29) is 5.41 Å². The van der Waals surface area contributed by atoms with Gasteiger partial charge in [0.25, 0.3) is 0 Å². The van der Waals surface area contributed by atoms with Crippen LogP contribution in [0.4, 0.5) is 0 Å². The maximum absolute atomic E-state index is 12.1. The van der Waals surface area contributed by atoms with Crippen LogP contribution in [0.1, 0.15) is 67.6 Å². The van der Waals surface area contributed by atoms with Crippen LogP contribution >= 0.6 is 0 Å². The fourth-order valence-corrected chi connectivity index (χ4v) is 2.93. The van der Waals surface area contributed by atoms with E-state index in [9.17, 15) is 4.79 Å². The Balaban J connectivity index is 2.46. The Labute approximate surface area is 111 Å². The van der Waals surface area contributed by atoms with E-state index in [0.717, 1.165) is 37.7 Å². The molecule has 2 rings (SSSR count). The molecular weight excluding hydrogens is 220 g/mol. The lowest BCUT2D eigenvalue weighted by atomic mass is 9.81. The number of hydrogen-bond acceptors (Lipinski definition) is 1. The Kier molecular flexibility index (Phi) is 3.61. The van der Waals surface area contributed by atoms with Gasteiger partial charge in [0.2, 0.25) is 0 Å². The highest BCUT2D eigenvalue weighted by Gasteiger charge is 2.21. The van der Waals surface area contributed by atoms with E-state index in [1.807, 2.05) is 0 Å². The predicted octanol–water partition coefficient (Wildman–Crippen LogP) is 4.36. The quantitative estimate of drug-likeness (QED) is 0.755. The van der Waals surface area contributed by atoms with Crippen molar-refractivity contribution < 1.29 is 4.79 Å². The molecule has 0 amide bonds. The van der Waals surface area contributed by atoms with Crippen molar-refractivity contribution in [3.05, 3.63) is 34.4 Å². The van der Waals surface area contributed by atoms with Crippen LogP contribution in [-0.4, -0.2) is 5.78 Å². The number of carbonyl (C=O) groups is 1. The molecule has 1 aromatic rings. The molecule has 0 spiro atoms. The van der Waals surface area contributed by atoms with Gasteiger partial charge >= 0.3 is 0 Å². The van der Waals surface area contributed by atoms with E-state index in [2.05, 4.69) is 39.8 Å². The summed E-state index contributed by atoms with van der Waals surface area (Å²) in [5.41, 5.74) is 5.33. The summed E-state index contributed by atoms with van der Waals surface area (Å²) in [5.74, 6) is 0.349. The van der Waals surface area contributed by atoms with Crippen molar-refractivity contribution in [1.82, 2.24) is 0 Å². The second-order valence-electron chi connectivity index (χ2n) is 6.65. The van der Waals surface area contributed by atoms with Crippen molar-refractivity contribution in [2.24, 2.45) is 5.41 Å². The summed E-state index contributed by atoms with van der Waals surface area (Å²) in [5, 5.41) is 0. The zero-order chi connectivity index (χ0) is 13.3. The molecule has 0 saturated carbocycles. The normalized spacial score (nSPS) is 15.7. The van der Waals surface area contributed by atoms with E-state index in [1.54, 1.807) is 0 Å². The fourth-order valence-electron chi connectivity index (χ4n) is 2.93. The van der Waals surface area contributed by atoms with Gasteiger partial charge in [-0.2, -0.15) is 0 Å². The Hall–Kier alpha value is -1.11. The maximum atomic E-state index is 12.1. The lowest BCUT2D eigenvalue weighted by Crippen LogP contribution is -2.16. The molecule has 1 heteroatoms. The summed E-state index contributed by atoms with van der Waals surface area (Å²) in [7, 11) is 0. The third-order valence-corrected chi connectivity index (χ3v) is 3.65. The first-order valence-corrected chi connectivity index (χ1v) is 7.08. The van der Waals surface area contributed by atoms with Crippen molar-refractivity contribution in [1.29, 1.82) is 0 Å². The Morgan fingerprint density at radius 1 is 1.17 bits per heavy atom. The highest BCUT2D eigenvalue weighted by Crippen LogP contribution is 2.29. The topological polar surface area (TPSA) is 17.1 Å². The molecule has 0 heterocycles. The fraction of sp³-hybridized carbons (Fsp3) is 0.588. The van der Waals surface area contributed by atoms with E-state index in [4.69, 9.17) is 0 Å². The van der Waals surface area contributed by atoms with Gasteiger partial charge in [0.1, 0.15) is 0 Å². The molecule has 0 saturated heterocycles. The standard InChI is InChI=1S/C17H24O/c1-5-13-9-12(11-17(2,3)4)10-15-14(13)7-6-8-16(15)18/h9-10H,5-8,11H2,1-4H3. The molecule has 0 aliphatic heterocycles. The molecule has 0 bridgehead atoms. The largest absolute Gasteiger partial charge is 0.294 e. The lowest BCUT2D eigenvalue weighted by molar-refractivity contribution is 0.0972. The molecule has 0 fully saturated rings. The van der Waals surface area contributed by atoms with Crippen molar-refractivity contribution in [3.8, 4) is 0 Å². The molecule has 1 aliphatic carbocycles. The van der Waals surface area contributed by atoms with Gasteiger partial charge in [-0.1, -0.05) is 33.8 Å². The van der Waals surface area contributed by atoms with Crippen molar-refractivity contribution >= 4 is 5.78 Å². The molecule has 18 heavy (non-hydrogen) atoms. The number of hydrogen-bond donors (Lipinski definition) is 0. The first-order valence-electron chi connectivity index (χ1n) is 7.08. The summed E-state index contributed by atoms with van der Waals surface area (Å²) in [6.07, 6.45) is 4.92. The smallest absolute Gasteiger partial charge is 0.163 e. The minimum atomic E-state index is 0.275. The average molecular weight is 244 g/mol. The predicted molar refractivity (Wildman–Crippen MR) is 76.2 cm³/mol. The van der Waals surface area contributed by atoms with Crippen LogP contribution in [0.3, 0.4) is 0 Å². The molecule has 0 atom stereocenters. The number of fused-ring (bicyclic) bond motifs is 1. The van der Waals surface area contributed by atoms with Crippen molar-refractivity contribution in [2.75, 3.05) is 0 Å². The second kappa shape index (κ2) is 4.87. The number of aryl methyl sites for hydroxylation is 1. The first kappa shape index (κ1) is 13.3. The minimum Gasteiger partial charge on any atom is -0.294 e. The SMILES string of the molecule is CCc1cc(CC(C)(C)C)cc2c1CCCC2=O. The molecular formula is C17H24O. The van der Waals surface area contributed by atoms with Gasteiger partial charge in [0, 0.05) is 12.0 Å². The van der Waals surface area contributed by atoms with Crippen LogP contribution in [0.5, 0.6) is 0 Å². The number of carbonyl (C=O) groups excluding carboxylic acids is 1. The Morgan fingerprint density at radius 3 is 2.50 bits per heavy atom. The van der Waals surface area contributed by atoms with E-state index >= 15 is 0 Å². The minimum absolute atomic E-state index is 0.275. The van der Waals surface area contributed by atoms with Crippen molar-refractivity contribution in [3.63, 3.8) is 0 Å². The maximum Gasteiger partial charge on any atom is 0.163 e. The summed E-state index contributed by atoms with van der Waals surface area (Å²) < 4.78 is 0. The van der Waals surface area contributed by atoms with E-state index in [1.165, 1.54) is 16.7 Å². The van der Waals surface area contributed by atoms with Crippen LogP contribution in [0.25, 0.3) is 0 Å².